The van der Waals surface area contributed by atoms with Gasteiger partial charge in [-0.05, 0) is 13.8 Å². The Bertz CT molecular complexity index is 370. The molecule has 0 aliphatic carbocycles. The van der Waals surface area contributed by atoms with Crippen molar-refractivity contribution in [3.05, 3.63) is 11.8 Å². The predicted octanol–water partition coefficient (Wildman–Crippen LogP) is 0.331. The third-order valence-corrected chi connectivity index (χ3v) is 2.42. The Labute approximate surface area is 89.3 Å². The topological polar surface area (TPSA) is 64.3 Å². The highest BCUT2D eigenvalue weighted by Gasteiger charge is 2.36. The van der Waals surface area contributed by atoms with Crippen LogP contribution in [0.4, 0.5) is 5.95 Å². The monoisotopic (exact) mass is 208 g/mol. The van der Waals surface area contributed by atoms with E-state index in [9.17, 15) is 0 Å². The van der Waals surface area contributed by atoms with E-state index in [0.29, 0.717) is 11.8 Å². The molecule has 1 aliphatic rings. The Morgan fingerprint density at radius 1 is 1.47 bits per heavy atom. The van der Waals surface area contributed by atoms with E-state index >= 15 is 0 Å². The summed E-state index contributed by atoms with van der Waals surface area (Å²) in [6.45, 7) is 5.53. The van der Waals surface area contributed by atoms with Gasteiger partial charge < -0.3 is 15.4 Å². The summed E-state index contributed by atoms with van der Waals surface area (Å²) in [5.41, 5.74) is 6.72. The molecular formula is C10H16N4O. The summed E-state index contributed by atoms with van der Waals surface area (Å²) >= 11 is 0. The van der Waals surface area contributed by atoms with Gasteiger partial charge in [-0.2, -0.15) is 4.98 Å². The maximum atomic E-state index is 5.93. The molecule has 0 aromatic carbocycles. The molecule has 1 aromatic heterocycles. The number of nitrogens with zero attached hydrogens (tertiary/aromatic N) is 3. The molecule has 0 atom stereocenters. The van der Waals surface area contributed by atoms with Gasteiger partial charge >= 0.3 is 0 Å². The zero-order valence-electron chi connectivity index (χ0n) is 9.32. The van der Waals surface area contributed by atoms with Crippen molar-refractivity contribution >= 4 is 5.95 Å². The van der Waals surface area contributed by atoms with E-state index in [2.05, 4.69) is 14.9 Å². The van der Waals surface area contributed by atoms with Gasteiger partial charge in [0, 0.05) is 30.4 Å². The lowest BCUT2D eigenvalue weighted by Gasteiger charge is -2.45. The Morgan fingerprint density at radius 3 is 2.67 bits per heavy atom. The second kappa shape index (κ2) is 3.34. The van der Waals surface area contributed by atoms with Crippen molar-refractivity contribution in [3.8, 4) is 5.88 Å². The fourth-order valence-electron chi connectivity index (χ4n) is 1.74. The lowest BCUT2D eigenvalue weighted by molar-refractivity contribution is 0.354. The van der Waals surface area contributed by atoms with E-state index in [1.807, 2.05) is 19.9 Å². The number of aromatic nitrogens is 2. The molecule has 0 spiro atoms. The highest BCUT2D eigenvalue weighted by Crippen LogP contribution is 2.24. The van der Waals surface area contributed by atoms with Gasteiger partial charge in [0.05, 0.1) is 7.11 Å². The minimum atomic E-state index is -0.111. The van der Waals surface area contributed by atoms with Crippen molar-refractivity contribution in [1.29, 1.82) is 0 Å². The highest BCUT2D eigenvalue weighted by molar-refractivity contribution is 5.40. The molecule has 2 N–H and O–H groups in total. The molecule has 1 aliphatic heterocycles. The average Bonchev–Trinajstić information content (AvgIpc) is 2.13. The van der Waals surface area contributed by atoms with Crippen LogP contribution in [0.15, 0.2) is 6.07 Å². The van der Waals surface area contributed by atoms with Crippen LogP contribution in [0.25, 0.3) is 0 Å². The molecule has 1 fully saturated rings. The van der Waals surface area contributed by atoms with Crippen LogP contribution in [0, 0.1) is 6.92 Å². The smallest absolute Gasteiger partial charge is 0.228 e. The molecule has 5 heteroatoms. The summed E-state index contributed by atoms with van der Waals surface area (Å²) in [5.74, 6) is 1.30. The maximum Gasteiger partial charge on any atom is 0.228 e. The molecule has 15 heavy (non-hydrogen) atoms. The highest BCUT2D eigenvalue weighted by atomic mass is 16.5. The third-order valence-electron chi connectivity index (χ3n) is 2.42. The molecule has 5 nitrogen and oxygen atoms in total. The van der Waals surface area contributed by atoms with Gasteiger partial charge in [-0.25, -0.2) is 4.98 Å². The van der Waals surface area contributed by atoms with Gasteiger partial charge in [0.15, 0.2) is 0 Å². The van der Waals surface area contributed by atoms with Gasteiger partial charge in [0.1, 0.15) is 0 Å². The fourth-order valence-corrected chi connectivity index (χ4v) is 1.74. The van der Waals surface area contributed by atoms with E-state index in [0.717, 1.165) is 18.8 Å². The summed E-state index contributed by atoms with van der Waals surface area (Å²) in [4.78, 5) is 10.7. The fraction of sp³-hybridized carbons (Fsp3) is 0.600. The van der Waals surface area contributed by atoms with Crippen LogP contribution in [-0.4, -0.2) is 35.7 Å². The quantitative estimate of drug-likeness (QED) is 0.758. The minimum absolute atomic E-state index is 0.111. The van der Waals surface area contributed by atoms with Crippen LogP contribution in [0.1, 0.15) is 12.6 Å². The molecular weight excluding hydrogens is 192 g/mol. The minimum Gasteiger partial charge on any atom is -0.481 e. The van der Waals surface area contributed by atoms with E-state index in [1.165, 1.54) is 0 Å². The van der Waals surface area contributed by atoms with Crippen molar-refractivity contribution in [1.82, 2.24) is 9.97 Å². The first-order valence-corrected chi connectivity index (χ1v) is 4.94. The van der Waals surface area contributed by atoms with Gasteiger partial charge in [0.2, 0.25) is 11.8 Å². The van der Waals surface area contributed by atoms with Crippen LogP contribution in [0.5, 0.6) is 5.88 Å². The van der Waals surface area contributed by atoms with Crippen molar-refractivity contribution < 1.29 is 4.74 Å². The summed E-state index contributed by atoms with van der Waals surface area (Å²) in [6.07, 6.45) is 0. The maximum absolute atomic E-state index is 5.93. The number of ether oxygens (including phenoxy) is 1. The Hall–Kier alpha value is -1.36. The SMILES string of the molecule is COc1cc(C)nc(N2CC(C)(N)C2)n1. The number of hydrogen-bond acceptors (Lipinski definition) is 5. The molecule has 82 valence electrons. The summed E-state index contributed by atoms with van der Waals surface area (Å²) in [6, 6.07) is 1.81. The van der Waals surface area contributed by atoms with E-state index in [-0.39, 0.29) is 5.54 Å². The molecule has 0 unspecified atom stereocenters. The molecule has 0 amide bonds. The summed E-state index contributed by atoms with van der Waals surface area (Å²) < 4.78 is 5.10. The van der Waals surface area contributed by atoms with Gasteiger partial charge in [-0.3, -0.25) is 0 Å². The van der Waals surface area contributed by atoms with Crippen LogP contribution >= 0.6 is 0 Å². The number of methoxy groups -OCH3 is 1. The number of anilines is 1. The summed E-state index contributed by atoms with van der Waals surface area (Å²) in [7, 11) is 1.61. The lowest BCUT2D eigenvalue weighted by atomic mass is 9.94. The average molecular weight is 208 g/mol. The molecule has 0 saturated carbocycles. The first-order valence-electron chi connectivity index (χ1n) is 4.94. The van der Waals surface area contributed by atoms with Crippen molar-refractivity contribution in [3.63, 3.8) is 0 Å². The first-order chi connectivity index (χ1) is 7.00. The number of hydrogen-bond donors (Lipinski definition) is 1. The van der Waals surface area contributed by atoms with Crippen LogP contribution < -0.4 is 15.4 Å². The van der Waals surface area contributed by atoms with Crippen molar-refractivity contribution in [2.75, 3.05) is 25.1 Å². The molecule has 2 heterocycles. The number of aryl methyl sites for hydroxylation is 1. The van der Waals surface area contributed by atoms with Crippen LogP contribution in [-0.2, 0) is 0 Å². The molecule has 1 aromatic rings. The number of nitrogens with two attached hydrogens (primary N) is 1. The molecule has 0 bridgehead atoms. The van der Waals surface area contributed by atoms with Gasteiger partial charge in [0.25, 0.3) is 0 Å². The molecule has 0 radical (unpaired) electrons. The normalized spacial score (nSPS) is 18.5. The van der Waals surface area contributed by atoms with Crippen LogP contribution in [0.3, 0.4) is 0 Å². The predicted molar refractivity (Wildman–Crippen MR) is 58.1 cm³/mol. The third kappa shape index (κ3) is 2.02. The van der Waals surface area contributed by atoms with Crippen molar-refractivity contribution in [2.45, 2.75) is 19.4 Å². The van der Waals surface area contributed by atoms with E-state index in [4.69, 9.17) is 10.5 Å². The Kier molecular flexibility index (Phi) is 2.26. The first kappa shape index (κ1) is 10.2. The standard InChI is InChI=1S/C10H16N4O/c1-7-4-8(15-3)13-9(12-7)14-5-10(2,11)6-14/h4H,5-6,11H2,1-3H3. The number of rotatable bonds is 2. The van der Waals surface area contributed by atoms with E-state index < -0.39 is 0 Å². The zero-order chi connectivity index (χ0) is 11.1. The zero-order valence-corrected chi connectivity index (χ0v) is 9.32. The summed E-state index contributed by atoms with van der Waals surface area (Å²) in [5, 5.41) is 0. The Balaban J connectivity index is 2.19. The van der Waals surface area contributed by atoms with Crippen LogP contribution in [0.2, 0.25) is 0 Å². The molecule has 1 saturated heterocycles. The van der Waals surface area contributed by atoms with Gasteiger partial charge in [-0.15, -0.1) is 0 Å². The Morgan fingerprint density at radius 2 is 2.13 bits per heavy atom. The van der Waals surface area contributed by atoms with Crippen molar-refractivity contribution in [2.24, 2.45) is 5.73 Å². The van der Waals surface area contributed by atoms with E-state index in [1.54, 1.807) is 7.11 Å². The van der Waals surface area contributed by atoms with Gasteiger partial charge in [-0.1, -0.05) is 0 Å². The largest absolute Gasteiger partial charge is 0.481 e. The lowest BCUT2D eigenvalue weighted by Crippen LogP contribution is -2.66. The second-order valence-corrected chi connectivity index (χ2v) is 4.36. The second-order valence-electron chi connectivity index (χ2n) is 4.36. The molecule has 2 rings (SSSR count).